The van der Waals surface area contributed by atoms with Gasteiger partial charge in [0.1, 0.15) is 11.4 Å². The Morgan fingerprint density at radius 2 is 1.88 bits per heavy atom. The van der Waals surface area contributed by atoms with Crippen LogP contribution in [0.5, 0.6) is 5.75 Å². The predicted molar refractivity (Wildman–Crippen MR) is 107 cm³/mol. The van der Waals surface area contributed by atoms with E-state index in [0.717, 1.165) is 11.3 Å². The molecule has 0 heterocycles. The van der Waals surface area contributed by atoms with E-state index in [4.69, 9.17) is 4.74 Å². The van der Waals surface area contributed by atoms with Crippen molar-refractivity contribution in [3.8, 4) is 5.75 Å². The summed E-state index contributed by atoms with van der Waals surface area (Å²) >= 11 is 0. The molecule has 0 fully saturated rings. The third-order valence-corrected chi connectivity index (χ3v) is 2.91. The summed E-state index contributed by atoms with van der Waals surface area (Å²) in [5, 5.41) is 6.28. The maximum Gasteiger partial charge on any atom is 0.307 e. The van der Waals surface area contributed by atoms with Crippen LogP contribution in [0.4, 0.5) is 0 Å². The number of guanidine groups is 1. The topological polar surface area (TPSA) is 72.0 Å². The first-order valence-corrected chi connectivity index (χ1v) is 7.64. The van der Waals surface area contributed by atoms with Crippen LogP contribution in [-0.4, -0.2) is 38.2 Å². The van der Waals surface area contributed by atoms with Crippen molar-refractivity contribution in [2.24, 2.45) is 4.99 Å². The molecule has 2 N–H and O–H groups in total. The van der Waals surface area contributed by atoms with Crippen molar-refractivity contribution in [3.05, 3.63) is 29.8 Å². The van der Waals surface area contributed by atoms with Crippen LogP contribution in [0.25, 0.3) is 0 Å². The lowest BCUT2D eigenvalue weighted by molar-refractivity contribution is -0.140. The largest absolute Gasteiger partial charge is 0.488 e. The van der Waals surface area contributed by atoms with Gasteiger partial charge in [-0.3, -0.25) is 9.79 Å². The Hall–Kier alpha value is -1.51. The summed E-state index contributed by atoms with van der Waals surface area (Å²) in [7, 11) is 3.06. The van der Waals surface area contributed by atoms with E-state index in [-0.39, 0.29) is 35.5 Å². The monoisotopic (exact) mass is 449 g/mol. The van der Waals surface area contributed by atoms with Gasteiger partial charge in [0.15, 0.2) is 5.96 Å². The zero-order chi connectivity index (χ0) is 17.3. The molecule has 24 heavy (non-hydrogen) atoms. The van der Waals surface area contributed by atoms with E-state index in [0.29, 0.717) is 25.5 Å². The Morgan fingerprint density at radius 1 is 1.21 bits per heavy atom. The van der Waals surface area contributed by atoms with Crippen LogP contribution in [-0.2, 0) is 16.1 Å². The van der Waals surface area contributed by atoms with Crippen molar-refractivity contribution in [1.29, 1.82) is 0 Å². The molecule has 1 aromatic carbocycles. The third kappa shape index (κ3) is 8.95. The zero-order valence-corrected chi connectivity index (χ0v) is 17.3. The van der Waals surface area contributed by atoms with Crippen molar-refractivity contribution in [2.75, 3.05) is 20.7 Å². The van der Waals surface area contributed by atoms with Gasteiger partial charge in [-0.15, -0.1) is 24.0 Å². The number of hydrogen-bond donors (Lipinski definition) is 2. The van der Waals surface area contributed by atoms with Crippen LogP contribution in [0.3, 0.4) is 0 Å². The highest BCUT2D eigenvalue weighted by molar-refractivity contribution is 14.0. The number of nitrogens with zero attached hydrogens (tertiary/aromatic N) is 1. The molecular weight excluding hydrogens is 421 g/mol. The minimum atomic E-state index is -0.253. The summed E-state index contributed by atoms with van der Waals surface area (Å²) in [4.78, 5) is 15.2. The average Bonchev–Trinajstić information content (AvgIpc) is 2.50. The average molecular weight is 449 g/mol. The second-order valence-electron chi connectivity index (χ2n) is 6.00. The minimum absolute atomic E-state index is 0. The molecule has 0 atom stereocenters. The maximum atomic E-state index is 11.1. The number of hydrogen-bond acceptors (Lipinski definition) is 4. The van der Waals surface area contributed by atoms with Gasteiger partial charge in [0.05, 0.1) is 13.5 Å². The summed E-state index contributed by atoms with van der Waals surface area (Å²) in [6, 6.07) is 7.89. The van der Waals surface area contributed by atoms with Gasteiger partial charge in [-0.05, 0) is 26.8 Å². The van der Waals surface area contributed by atoms with Crippen LogP contribution >= 0.6 is 24.0 Å². The Kier molecular flexibility index (Phi) is 10.4. The van der Waals surface area contributed by atoms with Crippen LogP contribution < -0.4 is 15.4 Å². The lowest BCUT2D eigenvalue weighted by Gasteiger charge is -2.23. The molecule has 7 heteroatoms. The summed E-state index contributed by atoms with van der Waals surface area (Å²) in [5.41, 5.74) is 0.787. The van der Waals surface area contributed by atoms with Crippen molar-refractivity contribution in [1.82, 2.24) is 10.6 Å². The maximum absolute atomic E-state index is 11.1. The summed E-state index contributed by atoms with van der Waals surface area (Å²) in [6.07, 6.45) is 0.293. The molecule has 0 aromatic heterocycles. The van der Waals surface area contributed by atoms with Crippen molar-refractivity contribution < 1.29 is 14.3 Å². The normalized spacial score (nSPS) is 11.3. The highest BCUT2D eigenvalue weighted by atomic mass is 127. The standard InChI is InChI=1S/C17H27N3O3.HI/c1-17(2,3)23-14-9-7-6-8-13(14)12-20-16(18-4)19-11-10-15(21)22-5;/h6-9H,10-12H2,1-5H3,(H2,18,19,20);1H. The van der Waals surface area contributed by atoms with Gasteiger partial charge in [0.2, 0.25) is 0 Å². The smallest absolute Gasteiger partial charge is 0.307 e. The lowest BCUT2D eigenvalue weighted by Crippen LogP contribution is -2.38. The first-order chi connectivity index (χ1) is 10.9. The van der Waals surface area contributed by atoms with E-state index in [2.05, 4.69) is 20.4 Å². The summed E-state index contributed by atoms with van der Waals surface area (Å²) in [6.45, 7) is 7.09. The highest BCUT2D eigenvalue weighted by Crippen LogP contribution is 2.22. The number of para-hydroxylation sites is 1. The number of ether oxygens (including phenoxy) is 2. The van der Waals surface area contributed by atoms with Crippen molar-refractivity contribution >= 4 is 35.9 Å². The van der Waals surface area contributed by atoms with Gasteiger partial charge in [-0.2, -0.15) is 0 Å². The number of aliphatic imine (C=N–C) groups is 1. The van der Waals surface area contributed by atoms with Gasteiger partial charge in [0, 0.05) is 25.7 Å². The fraction of sp³-hybridized carbons (Fsp3) is 0.529. The Bertz CT molecular complexity index is 542. The molecule has 1 aromatic rings. The SMILES string of the molecule is CN=C(NCCC(=O)OC)NCc1ccccc1OC(C)(C)C.I. The van der Waals surface area contributed by atoms with Crippen LogP contribution in [0.1, 0.15) is 32.8 Å². The Labute approximate surface area is 161 Å². The second kappa shape index (κ2) is 11.1. The van der Waals surface area contributed by atoms with E-state index in [1.807, 2.05) is 45.0 Å². The third-order valence-electron chi connectivity index (χ3n) is 2.91. The van der Waals surface area contributed by atoms with E-state index in [1.165, 1.54) is 7.11 Å². The molecule has 1 rings (SSSR count). The molecule has 0 bridgehead atoms. The molecule has 0 unspecified atom stereocenters. The number of esters is 1. The van der Waals surface area contributed by atoms with Crippen LogP contribution in [0.15, 0.2) is 29.3 Å². The fourth-order valence-corrected chi connectivity index (χ4v) is 1.86. The number of halogens is 1. The van der Waals surface area contributed by atoms with Crippen molar-refractivity contribution in [3.63, 3.8) is 0 Å². The second-order valence-corrected chi connectivity index (χ2v) is 6.00. The summed E-state index contributed by atoms with van der Waals surface area (Å²) < 4.78 is 10.6. The van der Waals surface area contributed by atoms with Gasteiger partial charge < -0.3 is 20.1 Å². The molecule has 0 saturated heterocycles. The van der Waals surface area contributed by atoms with Gasteiger partial charge in [-0.1, -0.05) is 18.2 Å². The Morgan fingerprint density at radius 3 is 2.46 bits per heavy atom. The quantitative estimate of drug-likeness (QED) is 0.303. The zero-order valence-electron chi connectivity index (χ0n) is 15.0. The Balaban J connectivity index is 0.00000529. The van der Waals surface area contributed by atoms with E-state index in [9.17, 15) is 4.79 Å². The molecule has 0 saturated carbocycles. The van der Waals surface area contributed by atoms with E-state index >= 15 is 0 Å². The minimum Gasteiger partial charge on any atom is -0.488 e. The van der Waals surface area contributed by atoms with E-state index in [1.54, 1.807) is 7.05 Å². The van der Waals surface area contributed by atoms with Crippen molar-refractivity contribution in [2.45, 2.75) is 39.3 Å². The first-order valence-electron chi connectivity index (χ1n) is 7.64. The number of carbonyl (C=O) groups excluding carboxylic acids is 1. The number of methoxy groups -OCH3 is 1. The molecule has 0 aliphatic carbocycles. The molecule has 0 aliphatic heterocycles. The summed E-state index contributed by atoms with van der Waals surface area (Å²) in [5.74, 6) is 1.22. The van der Waals surface area contributed by atoms with Gasteiger partial charge in [-0.25, -0.2) is 0 Å². The number of benzene rings is 1. The molecule has 6 nitrogen and oxygen atoms in total. The number of rotatable bonds is 6. The predicted octanol–water partition coefficient (Wildman–Crippen LogP) is 2.71. The molecule has 136 valence electrons. The molecule has 0 radical (unpaired) electrons. The molecule has 0 aliphatic rings. The van der Waals surface area contributed by atoms with Gasteiger partial charge in [0.25, 0.3) is 0 Å². The highest BCUT2D eigenvalue weighted by Gasteiger charge is 2.14. The number of nitrogens with one attached hydrogen (secondary N) is 2. The van der Waals surface area contributed by atoms with Gasteiger partial charge >= 0.3 is 5.97 Å². The number of carbonyl (C=O) groups is 1. The molecule has 0 spiro atoms. The molecular formula is C17H28IN3O3. The first kappa shape index (κ1) is 22.5. The molecule has 0 amide bonds. The fourth-order valence-electron chi connectivity index (χ4n) is 1.86. The van der Waals surface area contributed by atoms with Crippen LogP contribution in [0.2, 0.25) is 0 Å². The lowest BCUT2D eigenvalue weighted by atomic mass is 10.1. The van der Waals surface area contributed by atoms with E-state index < -0.39 is 0 Å². The van der Waals surface area contributed by atoms with Crippen LogP contribution in [0, 0.1) is 0 Å².